The lowest BCUT2D eigenvalue weighted by atomic mass is 10.1. The highest BCUT2D eigenvalue weighted by molar-refractivity contribution is 4.73. The lowest BCUT2D eigenvalue weighted by Gasteiger charge is -2.29. The summed E-state index contributed by atoms with van der Waals surface area (Å²) in [6, 6.07) is 0.551. The Kier molecular flexibility index (Phi) is 7.79. The van der Waals surface area contributed by atoms with Gasteiger partial charge >= 0.3 is 6.18 Å². The maximum Gasteiger partial charge on any atom is 0.390 e. The molecule has 0 aromatic heterocycles. The molecule has 0 fully saturated rings. The van der Waals surface area contributed by atoms with E-state index in [2.05, 4.69) is 12.2 Å². The Morgan fingerprint density at radius 2 is 1.82 bits per heavy atom. The second-order valence-corrected chi connectivity index (χ2v) is 4.85. The summed E-state index contributed by atoms with van der Waals surface area (Å²) in [6.45, 7) is 6.96. The lowest BCUT2D eigenvalue weighted by molar-refractivity contribution is -0.138. The molecular formula is C12H25F3N2. The molecule has 17 heavy (non-hydrogen) atoms. The van der Waals surface area contributed by atoms with Crippen molar-refractivity contribution in [1.82, 2.24) is 10.2 Å². The van der Waals surface area contributed by atoms with E-state index in [1.807, 2.05) is 18.7 Å². The van der Waals surface area contributed by atoms with E-state index in [0.717, 1.165) is 19.4 Å². The minimum Gasteiger partial charge on any atom is -0.313 e. The Morgan fingerprint density at radius 1 is 1.24 bits per heavy atom. The van der Waals surface area contributed by atoms with Crippen molar-refractivity contribution in [2.24, 2.45) is 0 Å². The fraction of sp³-hybridized carbons (Fsp3) is 1.00. The molecule has 0 heterocycles. The summed E-state index contributed by atoms with van der Waals surface area (Å²) in [4.78, 5) is 1.81. The Balaban J connectivity index is 4.09. The predicted octanol–water partition coefficient (Wildman–Crippen LogP) is 3.04. The number of nitrogens with one attached hydrogen (secondary N) is 1. The third-order valence-corrected chi connectivity index (χ3v) is 2.75. The first-order valence-corrected chi connectivity index (χ1v) is 6.26. The van der Waals surface area contributed by atoms with Gasteiger partial charge in [0.1, 0.15) is 0 Å². The van der Waals surface area contributed by atoms with Gasteiger partial charge in [-0.25, -0.2) is 0 Å². The molecule has 0 bridgehead atoms. The summed E-state index contributed by atoms with van der Waals surface area (Å²) in [7, 11) is 1.77. The number of halogens is 3. The van der Waals surface area contributed by atoms with Gasteiger partial charge in [0, 0.05) is 25.2 Å². The van der Waals surface area contributed by atoms with Gasteiger partial charge in [0.2, 0.25) is 0 Å². The predicted molar refractivity (Wildman–Crippen MR) is 65.1 cm³/mol. The molecule has 0 aromatic rings. The molecule has 0 saturated carbocycles. The van der Waals surface area contributed by atoms with Crippen molar-refractivity contribution in [3.63, 3.8) is 0 Å². The Labute approximate surface area is 103 Å². The minimum atomic E-state index is -4.06. The van der Waals surface area contributed by atoms with E-state index in [0.29, 0.717) is 6.04 Å². The fourth-order valence-electron chi connectivity index (χ4n) is 1.67. The van der Waals surface area contributed by atoms with Gasteiger partial charge in [0.25, 0.3) is 0 Å². The molecule has 0 saturated heterocycles. The molecule has 104 valence electrons. The maximum absolute atomic E-state index is 12.1. The van der Waals surface area contributed by atoms with Crippen LogP contribution in [0.2, 0.25) is 0 Å². The number of hydrogen-bond donors (Lipinski definition) is 1. The van der Waals surface area contributed by atoms with Crippen LogP contribution in [0.25, 0.3) is 0 Å². The summed E-state index contributed by atoms with van der Waals surface area (Å²) in [5, 5.41) is 3.29. The van der Waals surface area contributed by atoms with Crippen molar-refractivity contribution in [3.8, 4) is 0 Å². The van der Waals surface area contributed by atoms with E-state index in [1.165, 1.54) is 0 Å². The summed E-state index contributed by atoms with van der Waals surface area (Å²) >= 11 is 0. The van der Waals surface area contributed by atoms with E-state index < -0.39 is 12.6 Å². The fourth-order valence-corrected chi connectivity index (χ4v) is 1.67. The van der Waals surface area contributed by atoms with Crippen LogP contribution in [-0.2, 0) is 0 Å². The van der Waals surface area contributed by atoms with Crippen molar-refractivity contribution >= 4 is 0 Å². The third-order valence-electron chi connectivity index (χ3n) is 2.75. The second kappa shape index (κ2) is 7.93. The number of rotatable bonds is 8. The average molecular weight is 254 g/mol. The lowest BCUT2D eigenvalue weighted by Crippen LogP contribution is -2.43. The van der Waals surface area contributed by atoms with E-state index in [-0.39, 0.29) is 12.6 Å². The highest BCUT2D eigenvalue weighted by Gasteiger charge is 2.28. The Morgan fingerprint density at radius 3 is 2.24 bits per heavy atom. The molecule has 0 aliphatic carbocycles. The molecule has 1 atom stereocenters. The second-order valence-electron chi connectivity index (χ2n) is 4.85. The minimum absolute atomic E-state index is 0.0773. The molecule has 1 unspecified atom stereocenters. The van der Waals surface area contributed by atoms with Crippen LogP contribution in [0.1, 0.15) is 40.0 Å². The van der Waals surface area contributed by atoms with Crippen molar-refractivity contribution in [3.05, 3.63) is 0 Å². The summed E-state index contributed by atoms with van der Waals surface area (Å²) in [6.07, 6.45) is -2.88. The van der Waals surface area contributed by atoms with Crippen LogP contribution >= 0.6 is 0 Å². The normalized spacial score (nSPS) is 14.6. The van der Waals surface area contributed by atoms with Crippen molar-refractivity contribution < 1.29 is 13.2 Å². The zero-order valence-corrected chi connectivity index (χ0v) is 11.3. The van der Waals surface area contributed by atoms with Crippen LogP contribution in [-0.4, -0.2) is 43.3 Å². The van der Waals surface area contributed by atoms with Gasteiger partial charge in [0.15, 0.2) is 0 Å². The van der Waals surface area contributed by atoms with Crippen LogP contribution in [0.3, 0.4) is 0 Å². The Hall–Kier alpha value is -0.290. The Bertz CT molecular complexity index is 193. The number of alkyl halides is 3. The average Bonchev–Trinajstić information content (AvgIpc) is 2.19. The highest BCUT2D eigenvalue weighted by atomic mass is 19.4. The molecule has 0 aliphatic heterocycles. The topological polar surface area (TPSA) is 15.3 Å². The van der Waals surface area contributed by atoms with E-state index in [9.17, 15) is 13.2 Å². The molecule has 0 amide bonds. The highest BCUT2D eigenvalue weighted by Crippen LogP contribution is 2.20. The maximum atomic E-state index is 12.1. The van der Waals surface area contributed by atoms with Crippen LogP contribution in [0.4, 0.5) is 13.2 Å². The molecule has 0 aromatic carbocycles. The standard InChI is InChI=1S/C12H25F3N2/c1-5-6-11(9-16-10(2)3)17(4)8-7-12(13,14)15/h10-11,16H,5-9H2,1-4H3. The molecular weight excluding hydrogens is 229 g/mol. The van der Waals surface area contributed by atoms with Crippen LogP contribution in [0, 0.1) is 0 Å². The van der Waals surface area contributed by atoms with Gasteiger partial charge in [-0.05, 0) is 13.5 Å². The van der Waals surface area contributed by atoms with Gasteiger partial charge in [-0.3, -0.25) is 0 Å². The number of likely N-dealkylation sites (N-methyl/N-ethyl adjacent to an activating group) is 1. The van der Waals surface area contributed by atoms with E-state index in [4.69, 9.17) is 0 Å². The van der Waals surface area contributed by atoms with Crippen LogP contribution in [0.5, 0.6) is 0 Å². The SMILES string of the molecule is CCCC(CNC(C)C)N(C)CCC(F)(F)F. The van der Waals surface area contributed by atoms with E-state index >= 15 is 0 Å². The molecule has 0 radical (unpaired) electrons. The number of hydrogen-bond acceptors (Lipinski definition) is 2. The third kappa shape index (κ3) is 9.41. The smallest absolute Gasteiger partial charge is 0.313 e. The van der Waals surface area contributed by atoms with E-state index in [1.54, 1.807) is 7.05 Å². The zero-order valence-electron chi connectivity index (χ0n) is 11.3. The van der Waals surface area contributed by atoms with Crippen LogP contribution in [0.15, 0.2) is 0 Å². The monoisotopic (exact) mass is 254 g/mol. The first-order chi connectivity index (χ1) is 7.76. The summed E-state index contributed by atoms with van der Waals surface area (Å²) in [5.74, 6) is 0. The molecule has 0 aliphatic rings. The van der Waals surface area contributed by atoms with Crippen molar-refractivity contribution in [2.45, 2.75) is 58.3 Å². The van der Waals surface area contributed by atoms with Gasteiger partial charge in [-0.15, -0.1) is 0 Å². The first-order valence-electron chi connectivity index (χ1n) is 6.26. The molecule has 0 spiro atoms. The quantitative estimate of drug-likeness (QED) is 0.716. The van der Waals surface area contributed by atoms with Gasteiger partial charge in [-0.2, -0.15) is 13.2 Å². The summed E-state index contributed by atoms with van der Waals surface area (Å²) in [5.41, 5.74) is 0. The van der Waals surface area contributed by atoms with Gasteiger partial charge in [-0.1, -0.05) is 27.2 Å². The molecule has 5 heteroatoms. The van der Waals surface area contributed by atoms with Gasteiger partial charge in [0.05, 0.1) is 6.42 Å². The molecule has 2 nitrogen and oxygen atoms in total. The molecule has 0 rings (SSSR count). The van der Waals surface area contributed by atoms with Crippen molar-refractivity contribution in [1.29, 1.82) is 0 Å². The van der Waals surface area contributed by atoms with Gasteiger partial charge < -0.3 is 10.2 Å². The first kappa shape index (κ1) is 16.7. The van der Waals surface area contributed by atoms with Crippen molar-refractivity contribution in [2.75, 3.05) is 20.1 Å². The number of nitrogens with zero attached hydrogens (tertiary/aromatic N) is 1. The summed E-state index contributed by atoms with van der Waals surface area (Å²) < 4.78 is 36.4. The molecule has 1 N–H and O–H groups in total. The van der Waals surface area contributed by atoms with Crippen LogP contribution < -0.4 is 5.32 Å². The zero-order chi connectivity index (χ0) is 13.5. The largest absolute Gasteiger partial charge is 0.390 e.